The van der Waals surface area contributed by atoms with Gasteiger partial charge >= 0.3 is 0 Å². The molecule has 4 rings (SSSR count). The molecular formula is C23H21ClFNO3. The smallest absolute Gasteiger partial charge is 0.246 e. The number of carbonyl (C=O) groups is 2. The van der Waals surface area contributed by atoms with E-state index in [1.165, 1.54) is 18.2 Å². The number of fused-ring (bicyclic) bond motifs is 1. The maximum Gasteiger partial charge on any atom is 0.246 e. The first-order valence-corrected chi connectivity index (χ1v) is 9.98. The maximum absolute atomic E-state index is 13.0. The topological polar surface area (TPSA) is 46.6 Å². The summed E-state index contributed by atoms with van der Waals surface area (Å²) in [6, 6.07) is 9.43. The second kappa shape index (κ2) is 7.64. The average Bonchev–Trinajstić information content (AvgIpc) is 2.69. The second-order valence-corrected chi connectivity index (χ2v) is 8.13. The highest BCUT2D eigenvalue weighted by Gasteiger charge is 2.44. The highest BCUT2D eigenvalue weighted by atomic mass is 35.5. The Morgan fingerprint density at radius 1 is 1.21 bits per heavy atom. The third-order valence-corrected chi connectivity index (χ3v) is 5.83. The van der Waals surface area contributed by atoms with Crippen molar-refractivity contribution in [2.24, 2.45) is 0 Å². The lowest BCUT2D eigenvalue weighted by atomic mass is 9.82. The number of piperidine rings is 1. The molecule has 0 radical (unpaired) electrons. The molecule has 0 aromatic heterocycles. The molecule has 2 aromatic rings. The van der Waals surface area contributed by atoms with Crippen LogP contribution in [0.1, 0.15) is 40.7 Å². The van der Waals surface area contributed by atoms with Crippen molar-refractivity contribution in [3.05, 3.63) is 70.0 Å². The van der Waals surface area contributed by atoms with Gasteiger partial charge in [-0.3, -0.25) is 9.59 Å². The van der Waals surface area contributed by atoms with Gasteiger partial charge in [-0.15, -0.1) is 0 Å². The van der Waals surface area contributed by atoms with Crippen LogP contribution in [0.5, 0.6) is 5.75 Å². The zero-order valence-electron chi connectivity index (χ0n) is 16.1. The number of ether oxygens (including phenoxy) is 1. The molecule has 2 aliphatic rings. The standard InChI is InChI=1S/C23H21ClFNO3/c1-15-12-17(24)13-19-20(27)14-23(29-22(15)19)8-10-26(11-9-23)21(28)7-4-16-2-5-18(25)6-3-16/h2-7,12-13H,8-11,14H2,1H3/b7-4+. The Kier molecular flexibility index (Phi) is 5.17. The largest absolute Gasteiger partial charge is 0.486 e. The van der Waals surface area contributed by atoms with Crippen LogP contribution in [0, 0.1) is 12.7 Å². The normalized spacial score (nSPS) is 18.0. The predicted octanol–water partition coefficient (Wildman–Crippen LogP) is 4.83. The minimum Gasteiger partial charge on any atom is -0.486 e. The van der Waals surface area contributed by atoms with Crippen LogP contribution in [0.4, 0.5) is 4.39 Å². The van der Waals surface area contributed by atoms with Crippen LogP contribution in [0.15, 0.2) is 42.5 Å². The Morgan fingerprint density at radius 3 is 2.59 bits per heavy atom. The Hall–Kier alpha value is -2.66. The Morgan fingerprint density at radius 2 is 1.90 bits per heavy atom. The van der Waals surface area contributed by atoms with E-state index in [0.29, 0.717) is 48.7 Å². The number of nitrogens with zero attached hydrogens (tertiary/aromatic N) is 1. The molecule has 4 nitrogen and oxygen atoms in total. The fraction of sp³-hybridized carbons (Fsp3) is 0.304. The summed E-state index contributed by atoms with van der Waals surface area (Å²) in [5, 5.41) is 0.530. The van der Waals surface area contributed by atoms with Crippen molar-refractivity contribution in [2.45, 2.75) is 31.8 Å². The zero-order valence-corrected chi connectivity index (χ0v) is 16.8. The first-order valence-electron chi connectivity index (χ1n) is 9.60. The van der Waals surface area contributed by atoms with Gasteiger partial charge in [0.25, 0.3) is 0 Å². The molecule has 0 atom stereocenters. The number of ketones is 1. The quantitative estimate of drug-likeness (QED) is 0.662. The molecule has 1 fully saturated rings. The Balaban J connectivity index is 1.43. The summed E-state index contributed by atoms with van der Waals surface area (Å²) in [7, 11) is 0. The van der Waals surface area contributed by atoms with Crippen LogP contribution in [0.2, 0.25) is 5.02 Å². The molecule has 150 valence electrons. The molecule has 0 bridgehead atoms. The first-order chi connectivity index (χ1) is 13.8. The monoisotopic (exact) mass is 413 g/mol. The number of likely N-dealkylation sites (tertiary alicyclic amines) is 1. The van der Waals surface area contributed by atoms with Crippen molar-refractivity contribution < 1.29 is 18.7 Å². The summed E-state index contributed by atoms with van der Waals surface area (Å²) in [5.74, 6) is 0.236. The lowest BCUT2D eigenvalue weighted by Gasteiger charge is -2.44. The molecule has 29 heavy (non-hydrogen) atoms. The number of hydrogen-bond donors (Lipinski definition) is 0. The van der Waals surface area contributed by atoms with Gasteiger partial charge in [0.05, 0.1) is 12.0 Å². The van der Waals surface area contributed by atoms with Crippen LogP contribution < -0.4 is 4.74 Å². The van der Waals surface area contributed by atoms with E-state index in [1.54, 1.807) is 35.2 Å². The minimum atomic E-state index is -0.569. The minimum absolute atomic E-state index is 0.0350. The first kappa shape index (κ1) is 19.6. The highest BCUT2D eigenvalue weighted by molar-refractivity contribution is 6.31. The van der Waals surface area contributed by atoms with E-state index < -0.39 is 5.60 Å². The van der Waals surface area contributed by atoms with Gasteiger partial charge in [0.15, 0.2) is 5.78 Å². The molecule has 2 heterocycles. The number of Topliss-reactive ketones (excluding diaryl/α,β-unsaturated/α-hetero) is 1. The van der Waals surface area contributed by atoms with Crippen LogP contribution in [0.25, 0.3) is 6.08 Å². The Labute approximate surface area is 173 Å². The number of hydrogen-bond acceptors (Lipinski definition) is 3. The summed E-state index contributed by atoms with van der Waals surface area (Å²) in [5.41, 5.74) is 1.59. The van der Waals surface area contributed by atoms with Gasteiger partial charge in [0, 0.05) is 37.0 Å². The van der Waals surface area contributed by atoms with Crippen molar-refractivity contribution >= 4 is 29.4 Å². The third-order valence-electron chi connectivity index (χ3n) is 5.62. The van der Waals surface area contributed by atoms with E-state index >= 15 is 0 Å². The highest BCUT2D eigenvalue weighted by Crippen LogP contribution is 2.42. The summed E-state index contributed by atoms with van der Waals surface area (Å²) < 4.78 is 19.3. The number of halogens is 2. The van der Waals surface area contributed by atoms with Crippen molar-refractivity contribution in [2.75, 3.05) is 13.1 Å². The number of aryl methyl sites for hydroxylation is 1. The molecule has 0 unspecified atom stereocenters. The zero-order chi connectivity index (χ0) is 20.6. The van der Waals surface area contributed by atoms with Crippen LogP contribution in [-0.4, -0.2) is 35.3 Å². The van der Waals surface area contributed by atoms with Crippen LogP contribution >= 0.6 is 11.6 Å². The number of carbonyl (C=O) groups excluding carboxylic acids is 2. The van der Waals surface area contributed by atoms with Gasteiger partial charge in [0.2, 0.25) is 5.91 Å². The van der Waals surface area contributed by atoms with E-state index in [-0.39, 0.29) is 17.5 Å². The van der Waals surface area contributed by atoms with Crippen molar-refractivity contribution in [3.63, 3.8) is 0 Å². The molecule has 2 aliphatic heterocycles. The molecule has 0 N–H and O–H groups in total. The summed E-state index contributed by atoms with van der Waals surface area (Å²) in [4.78, 5) is 27.0. The number of rotatable bonds is 2. The van der Waals surface area contributed by atoms with E-state index in [1.807, 2.05) is 6.92 Å². The Bertz CT molecular complexity index is 992. The molecule has 6 heteroatoms. The molecular weight excluding hydrogens is 393 g/mol. The average molecular weight is 414 g/mol. The lowest BCUT2D eigenvalue weighted by Crippen LogP contribution is -2.52. The molecule has 1 saturated heterocycles. The van der Waals surface area contributed by atoms with Gasteiger partial charge in [-0.05, 0) is 48.4 Å². The second-order valence-electron chi connectivity index (χ2n) is 7.69. The fourth-order valence-corrected chi connectivity index (χ4v) is 4.25. The summed E-state index contributed by atoms with van der Waals surface area (Å²) >= 11 is 6.08. The van der Waals surface area contributed by atoms with E-state index in [2.05, 4.69) is 0 Å². The third kappa shape index (κ3) is 4.06. The van der Waals surface area contributed by atoms with Gasteiger partial charge in [0.1, 0.15) is 17.2 Å². The summed E-state index contributed by atoms with van der Waals surface area (Å²) in [6.07, 6.45) is 4.66. The van der Waals surface area contributed by atoms with Gasteiger partial charge in [-0.25, -0.2) is 4.39 Å². The van der Waals surface area contributed by atoms with E-state index in [0.717, 1.165) is 11.1 Å². The van der Waals surface area contributed by atoms with Crippen molar-refractivity contribution in [1.29, 1.82) is 0 Å². The summed E-state index contributed by atoms with van der Waals surface area (Å²) in [6.45, 7) is 2.92. The SMILES string of the molecule is Cc1cc(Cl)cc2c1OC1(CCN(C(=O)/C=C/c3ccc(F)cc3)CC1)CC2=O. The molecule has 2 aromatic carbocycles. The molecule has 1 amide bonds. The van der Waals surface area contributed by atoms with Crippen LogP contribution in [0.3, 0.4) is 0 Å². The molecule has 0 saturated carbocycles. The van der Waals surface area contributed by atoms with E-state index in [4.69, 9.17) is 16.3 Å². The van der Waals surface area contributed by atoms with Gasteiger partial charge in [-0.1, -0.05) is 23.7 Å². The predicted molar refractivity (Wildman–Crippen MR) is 110 cm³/mol. The number of benzene rings is 2. The number of amides is 1. The van der Waals surface area contributed by atoms with Crippen molar-refractivity contribution in [3.8, 4) is 5.75 Å². The fourth-order valence-electron chi connectivity index (χ4n) is 3.97. The maximum atomic E-state index is 13.0. The van der Waals surface area contributed by atoms with Crippen molar-refractivity contribution in [1.82, 2.24) is 4.90 Å². The van der Waals surface area contributed by atoms with E-state index in [9.17, 15) is 14.0 Å². The van der Waals surface area contributed by atoms with Gasteiger partial charge < -0.3 is 9.64 Å². The van der Waals surface area contributed by atoms with Gasteiger partial charge in [-0.2, -0.15) is 0 Å². The van der Waals surface area contributed by atoms with Crippen LogP contribution in [-0.2, 0) is 4.79 Å². The lowest BCUT2D eigenvalue weighted by molar-refractivity contribution is -0.129. The molecule has 0 aliphatic carbocycles. The molecule has 1 spiro atoms.